The fourth-order valence-electron chi connectivity index (χ4n) is 1.40. The van der Waals surface area contributed by atoms with Crippen molar-refractivity contribution in [1.82, 2.24) is 5.48 Å². The van der Waals surface area contributed by atoms with Gasteiger partial charge in [-0.1, -0.05) is 19.4 Å². The number of rotatable bonds is 4. The Morgan fingerprint density at radius 3 is 2.80 bits per heavy atom. The lowest BCUT2D eigenvalue weighted by Gasteiger charge is -2.07. The van der Waals surface area contributed by atoms with E-state index in [2.05, 4.69) is 12.1 Å². The molecule has 58 valence electrons. The second-order valence-electron chi connectivity index (χ2n) is 2.78. The van der Waals surface area contributed by atoms with Gasteiger partial charge < -0.3 is 0 Å². The average molecular weight is 141 g/mol. The highest BCUT2D eigenvalue weighted by Gasteiger charge is 2.14. The van der Waals surface area contributed by atoms with Gasteiger partial charge in [0.15, 0.2) is 0 Å². The standard InChI is InChI=1S/C8H15NO/c1-2-9-10-7-8-5-3-4-6-8/h2,8-9H,1,3-7H2. The normalized spacial score (nSPS) is 19.2. The van der Waals surface area contributed by atoms with Crippen LogP contribution < -0.4 is 5.48 Å². The van der Waals surface area contributed by atoms with Crippen LogP contribution >= 0.6 is 0 Å². The largest absolute Gasteiger partial charge is 0.276 e. The van der Waals surface area contributed by atoms with Crippen molar-refractivity contribution in [1.29, 1.82) is 0 Å². The molecule has 2 heteroatoms. The lowest BCUT2D eigenvalue weighted by molar-refractivity contribution is 0.0451. The Labute approximate surface area is 62.2 Å². The van der Waals surface area contributed by atoms with Crippen molar-refractivity contribution in [2.75, 3.05) is 6.61 Å². The van der Waals surface area contributed by atoms with Crippen molar-refractivity contribution < 1.29 is 4.84 Å². The van der Waals surface area contributed by atoms with Crippen LogP contribution in [0, 0.1) is 5.92 Å². The highest BCUT2D eigenvalue weighted by atomic mass is 16.6. The van der Waals surface area contributed by atoms with Gasteiger partial charge in [0.1, 0.15) is 0 Å². The predicted octanol–water partition coefficient (Wildman–Crippen LogP) is 1.84. The third-order valence-electron chi connectivity index (χ3n) is 1.96. The SMILES string of the molecule is C=CNOCC1CCCC1. The molecule has 0 aromatic heterocycles. The van der Waals surface area contributed by atoms with Crippen LogP contribution in [-0.2, 0) is 4.84 Å². The highest BCUT2D eigenvalue weighted by molar-refractivity contribution is 4.66. The smallest absolute Gasteiger partial charge is 0.0773 e. The van der Waals surface area contributed by atoms with Crippen molar-refractivity contribution in [3.63, 3.8) is 0 Å². The van der Waals surface area contributed by atoms with E-state index in [0.717, 1.165) is 12.5 Å². The molecular weight excluding hydrogens is 126 g/mol. The first-order valence-corrected chi connectivity index (χ1v) is 3.91. The van der Waals surface area contributed by atoms with Crippen molar-refractivity contribution in [2.45, 2.75) is 25.7 Å². The summed E-state index contributed by atoms with van der Waals surface area (Å²) in [7, 11) is 0. The molecule has 1 aliphatic carbocycles. The van der Waals surface area contributed by atoms with Gasteiger partial charge in [-0.25, -0.2) is 0 Å². The molecule has 1 aliphatic rings. The van der Waals surface area contributed by atoms with Gasteiger partial charge in [-0.2, -0.15) is 0 Å². The molecule has 2 nitrogen and oxygen atoms in total. The number of hydroxylamine groups is 1. The Kier molecular flexibility index (Phi) is 3.30. The summed E-state index contributed by atoms with van der Waals surface area (Å²) in [6.07, 6.45) is 6.98. The lowest BCUT2D eigenvalue weighted by Crippen LogP contribution is -2.12. The summed E-state index contributed by atoms with van der Waals surface area (Å²) in [5, 5.41) is 0. The zero-order chi connectivity index (χ0) is 7.23. The minimum Gasteiger partial charge on any atom is -0.276 e. The molecule has 0 saturated heterocycles. The van der Waals surface area contributed by atoms with Crippen LogP contribution in [-0.4, -0.2) is 6.61 Å². The molecular formula is C8H15NO. The topological polar surface area (TPSA) is 21.3 Å². The van der Waals surface area contributed by atoms with Crippen LogP contribution in [0.3, 0.4) is 0 Å². The third kappa shape index (κ3) is 2.40. The van der Waals surface area contributed by atoms with Crippen molar-refractivity contribution >= 4 is 0 Å². The lowest BCUT2D eigenvalue weighted by atomic mass is 10.1. The van der Waals surface area contributed by atoms with E-state index in [1.165, 1.54) is 25.7 Å². The summed E-state index contributed by atoms with van der Waals surface area (Å²) in [6.45, 7) is 4.33. The maximum Gasteiger partial charge on any atom is 0.0773 e. The Morgan fingerprint density at radius 2 is 2.20 bits per heavy atom. The fourth-order valence-corrected chi connectivity index (χ4v) is 1.40. The molecule has 1 rings (SSSR count). The molecule has 0 aromatic carbocycles. The molecule has 0 bridgehead atoms. The van der Waals surface area contributed by atoms with Crippen LogP contribution in [0.25, 0.3) is 0 Å². The minimum atomic E-state index is 0.785. The first kappa shape index (κ1) is 7.61. The molecule has 1 fully saturated rings. The van der Waals surface area contributed by atoms with Crippen LogP contribution in [0.4, 0.5) is 0 Å². The Bertz CT molecular complexity index is 97.4. The summed E-state index contributed by atoms with van der Waals surface area (Å²) >= 11 is 0. The van der Waals surface area contributed by atoms with E-state index < -0.39 is 0 Å². The van der Waals surface area contributed by atoms with Gasteiger partial charge >= 0.3 is 0 Å². The number of hydrogen-bond donors (Lipinski definition) is 1. The van der Waals surface area contributed by atoms with Gasteiger partial charge in [0, 0.05) is 6.20 Å². The quantitative estimate of drug-likeness (QED) is 0.476. The predicted molar refractivity (Wildman–Crippen MR) is 41.2 cm³/mol. The van der Waals surface area contributed by atoms with Crippen molar-refractivity contribution in [3.05, 3.63) is 12.8 Å². The average Bonchev–Trinajstić information content (AvgIpc) is 2.41. The molecule has 0 atom stereocenters. The maximum atomic E-state index is 5.10. The van der Waals surface area contributed by atoms with E-state index >= 15 is 0 Å². The summed E-state index contributed by atoms with van der Waals surface area (Å²) in [4.78, 5) is 5.10. The molecule has 1 N–H and O–H groups in total. The minimum absolute atomic E-state index is 0.785. The summed E-state index contributed by atoms with van der Waals surface area (Å²) < 4.78 is 0. The first-order valence-electron chi connectivity index (χ1n) is 3.91. The second-order valence-corrected chi connectivity index (χ2v) is 2.78. The van der Waals surface area contributed by atoms with E-state index in [1.807, 2.05) is 0 Å². The first-order chi connectivity index (χ1) is 4.93. The molecule has 0 aromatic rings. The van der Waals surface area contributed by atoms with Crippen LogP contribution in [0.1, 0.15) is 25.7 Å². The number of hydrogen-bond acceptors (Lipinski definition) is 2. The van der Waals surface area contributed by atoms with Crippen LogP contribution in [0.15, 0.2) is 12.8 Å². The molecule has 0 amide bonds. The molecule has 0 heterocycles. The van der Waals surface area contributed by atoms with Crippen LogP contribution in [0.2, 0.25) is 0 Å². The van der Waals surface area contributed by atoms with E-state index in [1.54, 1.807) is 6.20 Å². The van der Waals surface area contributed by atoms with Crippen LogP contribution in [0.5, 0.6) is 0 Å². The van der Waals surface area contributed by atoms with E-state index in [0.29, 0.717) is 0 Å². The van der Waals surface area contributed by atoms with Gasteiger partial charge in [-0.3, -0.25) is 10.3 Å². The fraction of sp³-hybridized carbons (Fsp3) is 0.750. The van der Waals surface area contributed by atoms with Gasteiger partial charge in [-0.15, -0.1) is 0 Å². The third-order valence-corrected chi connectivity index (χ3v) is 1.96. The van der Waals surface area contributed by atoms with Crippen molar-refractivity contribution in [2.24, 2.45) is 5.92 Å². The molecule has 0 radical (unpaired) electrons. The van der Waals surface area contributed by atoms with E-state index in [4.69, 9.17) is 4.84 Å². The maximum absolute atomic E-state index is 5.10. The Hall–Kier alpha value is -0.500. The molecule has 0 spiro atoms. The van der Waals surface area contributed by atoms with Gasteiger partial charge in [0.25, 0.3) is 0 Å². The van der Waals surface area contributed by atoms with E-state index in [-0.39, 0.29) is 0 Å². The summed E-state index contributed by atoms with van der Waals surface area (Å²) in [6, 6.07) is 0. The van der Waals surface area contributed by atoms with Gasteiger partial charge in [0.2, 0.25) is 0 Å². The zero-order valence-corrected chi connectivity index (χ0v) is 6.31. The van der Waals surface area contributed by atoms with Gasteiger partial charge in [0.05, 0.1) is 6.61 Å². The summed E-state index contributed by atoms with van der Waals surface area (Å²) in [5.41, 5.74) is 2.64. The molecule has 0 unspecified atom stereocenters. The molecule has 0 aliphatic heterocycles. The monoisotopic (exact) mass is 141 g/mol. The molecule has 10 heavy (non-hydrogen) atoms. The summed E-state index contributed by atoms with van der Waals surface area (Å²) in [5.74, 6) is 0.785. The van der Waals surface area contributed by atoms with E-state index in [9.17, 15) is 0 Å². The molecule has 1 saturated carbocycles. The zero-order valence-electron chi connectivity index (χ0n) is 6.31. The Morgan fingerprint density at radius 1 is 1.50 bits per heavy atom. The van der Waals surface area contributed by atoms with Crippen molar-refractivity contribution in [3.8, 4) is 0 Å². The highest BCUT2D eigenvalue weighted by Crippen LogP contribution is 2.24. The van der Waals surface area contributed by atoms with Gasteiger partial charge in [-0.05, 0) is 18.8 Å². The number of nitrogens with one attached hydrogen (secondary N) is 1. The second kappa shape index (κ2) is 4.34. The Balaban J connectivity index is 1.96.